The number of amides is 1. The minimum absolute atomic E-state index is 0. The number of aliphatic imine (C=N–C) groups is 1. The van der Waals surface area contributed by atoms with Crippen LogP contribution in [-0.2, 0) is 6.54 Å². The second-order valence-electron chi connectivity index (χ2n) is 5.17. The summed E-state index contributed by atoms with van der Waals surface area (Å²) in [6.07, 6.45) is -4.73. The van der Waals surface area contributed by atoms with Gasteiger partial charge in [-0.05, 0) is 42.0 Å². The average Bonchev–Trinajstić information content (AvgIpc) is 2.60. The Morgan fingerprint density at radius 2 is 1.70 bits per heavy atom. The predicted octanol–water partition coefficient (Wildman–Crippen LogP) is 3.49. The number of carbonyl (C=O) groups excluding carboxylic acids is 1. The van der Waals surface area contributed by atoms with Crippen molar-refractivity contribution in [1.82, 2.24) is 5.32 Å². The molecule has 0 unspecified atom stereocenters. The number of nitrogens with one attached hydrogen (secondary N) is 2. The minimum Gasteiger partial charge on any atom is -0.406 e. The highest BCUT2D eigenvalue weighted by molar-refractivity contribution is 14.0. The number of rotatable bonds is 5. The minimum atomic E-state index is -4.73. The van der Waals surface area contributed by atoms with E-state index in [1.807, 2.05) is 0 Å². The average molecular weight is 494 g/mol. The Labute approximate surface area is 171 Å². The highest BCUT2D eigenvalue weighted by atomic mass is 127. The molecule has 27 heavy (non-hydrogen) atoms. The molecule has 2 aromatic rings. The zero-order valence-corrected chi connectivity index (χ0v) is 16.5. The van der Waals surface area contributed by atoms with E-state index < -0.39 is 6.36 Å². The number of ether oxygens (including phenoxy) is 1. The Balaban J connectivity index is 0.00000364. The number of hydrogen-bond acceptors (Lipinski definition) is 3. The summed E-state index contributed by atoms with van der Waals surface area (Å²) in [5.74, 6) is -0.404. The Kier molecular flexibility index (Phi) is 8.34. The van der Waals surface area contributed by atoms with Gasteiger partial charge in [0.1, 0.15) is 5.75 Å². The van der Waals surface area contributed by atoms with E-state index >= 15 is 0 Å². The fourth-order valence-corrected chi connectivity index (χ4v) is 2.01. The monoisotopic (exact) mass is 494 g/mol. The molecule has 0 aliphatic heterocycles. The van der Waals surface area contributed by atoms with Crippen molar-refractivity contribution < 1.29 is 22.7 Å². The molecule has 0 atom stereocenters. The second-order valence-corrected chi connectivity index (χ2v) is 5.17. The standard InChI is InChI=1S/C17H17F3N4O2.HI/c1-22-15(25)12-4-2-11(3-5-12)10-23-16(21)24-13-6-8-14(9-7-13)26-17(18,19)20;/h2-9H,10H2,1H3,(H,22,25)(H3,21,23,24);1H. The Bertz CT molecular complexity index is 778. The van der Waals surface area contributed by atoms with Gasteiger partial charge >= 0.3 is 6.36 Å². The Morgan fingerprint density at radius 1 is 1.11 bits per heavy atom. The zero-order chi connectivity index (χ0) is 19.2. The molecule has 0 saturated carbocycles. The van der Waals surface area contributed by atoms with Crippen LogP contribution in [0.5, 0.6) is 5.75 Å². The number of nitrogens with zero attached hydrogens (tertiary/aromatic N) is 1. The van der Waals surface area contributed by atoms with Gasteiger partial charge in [-0.2, -0.15) is 0 Å². The maximum Gasteiger partial charge on any atom is 0.573 e. The maximum atomic E-state index is 12.1. The van der Waals surface area contributed by atoms with Crippen LogP contribution < -0.4 is 21.1 Å². The first-order valence-corrected chi connectivity index (χ1v) is 7.50. The van der Waals surface area contributed by atoms with Gasteiger partial charge in [0.2, 0.25) is 0 Å². The van der Waals surface area contributed by atoms with Crippen molar-refractivity contribution in [3.63, 3.8) is 0 Å². The largest absolute Gasteiger partial charge is 0.573 e. The fourth-order valence-electron chi connectivity index (χ4n) is 2.01. The molecule has 0 saturated heterocycles. The van der Waals surface area contributed by atoms with Crippen molar-refractivity contribution in [2.24, 2.45) is 10.7 Å². The third-order valence-corrected chi connectivity index (χ3v) is 3.24. The molecule has 0 radical (unpaired) electrons. The molecule has 2 aromatic carbocycles. The highest BCUT2D eigenvalue weighted by Crippen LogP contribution is 2.23. The molecule has 1 amide bonds. The summed E-state index contributed by atoms with van der Waals surface area (Å²) in [7, 11) is 1.55. The quantitative estimate of drug-likeness (QED) is 0.338. The van der Waals surface area contributed by atoms with Gasteiger partial charge < -0.3 is 21.1 Å². The van der Waals surface area contributed by atoms with Gasteiger partial charge in [-0.25, -0.2) is 4.99 Å². The number of benzene rings is 2. The van der Waals surface area contributed by atoms with Crippen LogP contribution in [0.1, 0.15) is 15.9 Å². The summed E-state index contributed by atoms with van der Waals surface area (Å²) in [5, 5.41) is 5.29. The number of nitrogens with two attached hydrogens (primary N) is 1. The van der Waals surface area contributed by atoms with E-state index in [0.29, 0.717) is 11.3 Å². The van der Waals surface area contributed by atoms with Crippen LogP contribution in [0.3, 0.4) is 0 Å². The summed E-state index contributed by atoms with van der Waals surface area (Å²) < 4.78 is 40.1. The normalized spacial score (nSPS) is 11.3. The fraction of sp³-hybridized carbons (Fsp3) is 0.176. The van der Waals surface area contributed by atoms with Crippen LogP contribution in [0.25, 0.3) is 0 Å². The number of anilines is 1. The van der Waals surface area contributed by atoms with Gasteiger partial charge in [-0.15, -0.1) is 37.1 Å². The smallest absolute Gasteiger partial charge is 0.406 e. The third-order valence-electron chi connectivity index (χ3n) is 3.24. The maximum absolute atomic E-state index is 12.1. The van der Waals surface area contributed by atoms with Crippen LogP contribution >= 0.6 is 24.0 Å². The SMILES string of the molecule is CNC(=O)c1ccc(CN=C(N)Nc2ccc(OC(F)(F)F)cc2)cc1.I. The van der Waals surface area contributed by atoms with Crippen molar-refractivity contribution in [3.05, 3.63) is 59.7 Å². The Hall–Kier alpha value is -2.50. The van der Waals surface area contributed by atoms with E-state index in [9.17, 15) is 18.0 Å². The van der Waals surface area contributed by atoms with Gasteiger partial charge in [-0.3, -0.25) is 4.79 Å². The van der Waals surface area contributed by atoms with Crippen LogP contribution in [0.4, 0.5) is 18.9 Å². The number of guanidine groups is 1. The number of alkyl halides is 3. The van der Waals surface area contributed by atoms with Gasteiger partial charge in [0, 0.05) is 18.3 Å². The summed E-state index contributed by atoms with van der Waals surface area (Å²) in [5.41, 5.74) is 7.60. The van der Waals surface area contributed by atoms with Gasteiger partial charge in [0.05, 0.1) is 6.54 Å². The summed E-state index contributed by atoms with van der Waals surface area (Å²) >= 11 is 0. The molecular weight excluding hydrogens is 476 g/mol. The third kappa shape index (κ3) is 7.72. The van der Waals surface area contributed by atoms with E-state index in [2.05, 4.69) is 20.4 Å². The van der Waals surface area contributed by atoms with Gasteiger partial charge in [-0.1, -0.05) is 12.1 Å². The van der Waals surface area contributed by atoms with Gasteiger partial charge in [0.25, 0.3) is 5.91 Å². The highest BCUT2D eigenvalue weighted by Gasteiger charge is 2.30. The molecule has 2 rings (SSSR count). The van der Waals surface area contributed by atoms with Crippen molar-refractivity contribution >= 4 is 41.5 Å². The number of carbonyl (C=O) groups is 1. The molecule has 0 aliphatic carbocycles. The summed E-state index contributed by atoms with van der Waals surface area (Å²) in [6, 6.07) is 12.0. The molecule has 0 bridgehead atoms. The molecule has 0 aromatic heterocycles. The van der Waals surface area contributed by atoms with E-state index in [0.717, 1.165) is 5.56 Å². The van der Waals surface area contributed by atoms with E-state index in [4.69, 9.17) is 5.73 Å². The first-order valence-electron chi connectivity index (χ1n) is 7.50. The number of halogens is 4. The predicted molar refractivity (Wildman–Crippen MR) is 107 cm³/mol. The van der Waals surface area contributed by atoms with E-state index in [1.165, 1.54) is 24.3 Å². The van der Waals surface area contributed by atoms with Crippen LogP contribution in [0.2, 0.25) is 0 Å². The van der Waals surface area contributed by atoms with Crippen molar-refractivity contribution in [1.29, 1.82) is 0 Å². The molecular formula is C17H18F3IN4O2. The first-order chi connectivity index (χ1) is 12.3. The Morgan fingerprint density at radius 3 is 2.22 bits per heavy atom. The molecule has 4 N–H and O–H groups in total. The van der Waals surface area contributed by atoms with Crippen molar-refractivity contribution in [3.8, 4) is 5.75 Å². The number of hydrogen-bond donors (Lipinski definition) is 3. The summed E-state index contributed by atoms with van der Waals surface area (Å²) in [4.78, 5) is 15.6. The lowest BCUT2D eigenvalue weighted by molar-refractivity contribution is -0.274. The lowest BCUT2D eigenvalue weighted by Crippen LogP contribution is -2.22. The van der Waals surface area contributed by atoms with Crippen LogP contribution in [0, 0.1) is 0 Å². The van der Waals surface area contributed by atoms with Crippen LogP contribution in [0.15, 0.2) is 53.5 Å². The lowest BCUT2D eigenvalue weighted by Gasteiger charge is -2.10. The van der Waals surface area contributed by atoms with E-state index in [-0.39, 0.29) is 48.1 Å². The molecule has 0 spiro atoms. The molecule has 10 heteroatoms. The second kappa shape index (κ2) is 10.00. The molecule has 146 valence electrons. The molecule has 0 aliphatic rings. The zero-order valence-electron chi connectivity index (χ0n) is 14.2. The molecule has 0 heterocycles. The van der Waals surface area contributed by atoms with Crippen LogP contribution in [-0.4, -0.2) is 25.3 Å². The lowest BCUT2D eigenvalue weighted by atomic mass is 10.1. The van der Waals surface area contributed by atoms with Crippen molar-refractivity contribution in [2.45, 2.75) is 12.9 Å². The summed E-state index contributed by atoms with van der Waals surface area (Å²) in [6.45, 7) is 0.280. The first kappa shape index (κ1) is 22.5. The molecule has 6 nitrogen and oxygen atoms in total. The van der Waals surface area contributed by atoms with Gasteiger partial charge in [0.15, 0.2) is 5.96 Å². The van der Waals surface area contributed by atoms with Crippen molar-refractivity contribution in [2.75, 3.05) is 12.4 Å². The van der Waals surface area contributed by atoms with E-state index in [1.54, 1.807) is 31.3 Å². The topological polar surface area (TPSA) is 88.7 Å². The molecule has 0 fully saturated rings.